The average molecular weight is 205 g/mol. The Morgan fingerprint density at radius 1 is 1.33 bits per heavy atom. The number of ether oxygens (including phenoxy) is 1. The van der Waals surface area contributed by atoms with Gasteiger partial charge in [0.2, 0.25) is 5.91 Å². The molecule has 1 fully saturated rings. The Morgan fingerprint density at radius 3 is 2.73 bits per heavy atom. The number of rotatable bonds is 1. The molecule has 0 spiro atoms. The van der Waals surface area contributed by atoms with E-state index in [9.17, 15) is 4.79 Å². The smallest absolute Gasteiger partial charge is 0.246 e. The van der Waals surface area contributed by atoms with Crippen molar-refractivity contribution in [1.82, 2.24) is 5.32 Å². The lowest BCUT2D eigenvalue weighted by molar-refractivity contribution is -0.133. The van der Waals surface area contributed by atoms with Crippen molar-refractivity contribution in [3.05, 3.63) is 34.9 Å². The summed E-state index contributed by atoms with van der Waals surface area (Å²) in [5, 5.41) is 2.80. The summed E-state index contributed by atoms with van der Waals surface area (Å²) in [7, 11) is 0. The van der Waals surface area contributed by atoms with Crippen LogP contribution < -0.4 is 5.32 Å². The van der Waals surface area contributed by atoms with E-state index < -0.39 is 0 Å². The third-order valence-corrected chi connectivity index (χ3v) is 2.80. The summed E-state index contributed by atoms with van der Waals surface area (Å²) in [4.78, 5) is 10.9. The van der Waals surface area contributed by atoms with E-state index >= 15 is 0 Å². The maximum absolute atomic E-state index is 10.9. The number of benzene rings is 1. The normalized spacial score (nSPS) is 21.2. The monoisotopic (exact) mass is 205 g/mol. The van der Waals surface area contributed by atoms with E-state index in [2.05, 4.69) is 37.4 Å². The Kier molecular flexibility index (Phi) is 2.73. The second-order valence-electron chi connectivity index (χ2n) is 3.95. The van der Waals surface area contributed by atoms with E-state index in [1.54, 1.807) is 0 Å². The highest BCUT2D eigenvalue weighted by Gasteiger charge is 2.19. The van der Waals surface area contributed by atoms with E-state index in [1.165, 1.54) is 11.1 Å². The Bertz CT molecular complexity index is 377. The van der Waals surface area contributed by atoms with Gasteiger partial charge in [-0.15, -0.1) is 0 Å². The summed E-state index contributed by atoms with van der Waals surface area (Å²) in [6.45, 7) is 4.90. The Morgan fingerprint density at radius 2 is 2.13 bits per heavy atom. The van der Waals surface area contributed by atoms with Crippen molar-refractivity contribution in [2.45, 2.75) is 20.0 Å². The zero-order valence-corrected chi connectivity index (χ0v) is 9.04. The van der Waals surface area contributed by atoms with Gasteiger partial charge in [-0.05, 0) is 30.5 Å². The van der Waals surface area contributed by atoms with Crippen molar-refractivity contribution < 1.29 is 9.53 Å². The lowest BCUT2D eigenvalue weighted by Gasteiger charge is -2.23. The average Bonchev–Trinajstić information content (AvgIpc) is 2.23. The van der Waals surface area contributed by atoms with Gasteiger partial charge in [0.05, 0.1) is 0 Å². The first-order valence-electron chi connectivity index (χ1n) is 5.12. The summed E-state index contributed by atoms with van der Waals surface area (Å²) in [5.41, 5.74) is 3.67. The number of hydrogen-bond donors (Lipinski definition) is 1. The minimum absolute atomic E-state index is 0.00185. The molecule has 0 bridgehead atoms. The van der Waals surface area contributed by atoms with Gasteiger partial charge in [0, 0.05) is 6.54 Å². The van der Waals surface area contributed by atoms with Crippen LogP contribution in [0.25, 0.3) is 0 Å². The fourth-order valence-electron chi connectivity index (χ4n) is 1.67. The van der Waals surface area contributed by atoms with E-state index in [0.717, 1.165) is 5.56 Å². The molecule has 3 heteroatoms. The molecule has 0 aliphatic carbocycles. The molecule has 0 saturated carbocycles. The first-order chi connectivity index (χ1) is 7.16. The van der Waals surface area contributed by atoms with Crippen LogP contribution in [0.1, 0.15) is 22.8 Å². The second-order valence-corrected chi connectivity index (χ2v) is 3.95. The molecule has 1 unspecified atom stereocenters. The molecule has 1 heterocycles. The SMILES string of the molecule is Cc1ccc(C2CNC(=O)CO2)cc1C. The van der Waals surface area contributed by atoms with Gasteiger partial charge in [0.15, 0.2) is 0 Å². The molecule has 1 aromatic carbocycles. The van der Waals surface area contributed by atoms with Crippen LogP contribution in [0, 0.1) is 13.8 Å². The highest BCUT2D eigenvalue weighted by molar-refractivity contribution is 5.77. The van der Waals surface area contributed by atoms with Crippen molar-refractivity contribution in [2.24, 2.45) is 0 Å². The van der Waals surface area contributed by atoms with Gasteiger partial charge in [-0.2, -0.15) is 0 Å². The zero-order valence-electron chi connectivity index (χ0n) is 9.04. The number of aryl methyl sites for hydroxylation is 2. The number of hydrogen-bond acceptors (Lipinski definition) is 2. The Hall–Kier alpha value is -1.35. The predicted octanol–water partition coefficient (Wildman–Crippen LogP) is 1.49. The number of amides is 1. The molecule has 1 N–H and O–H groups in total. The molecule has 1 aliphatic heterocycles. The van der Waals surface area contributed by atoms with E-state index in [0.29, 0.717) is 6.54 Å². The van der Waals surface area contributed by atoms with E-state index in [-0.39, 0.29) is 18.6 Å². The quantitative estimate of drug-likeness (QED) is 0.754. The van der Waals surface area contributed by atoms with Crippen LogP contribution in [-0.2, 0) is 9.53 Å². The first kappa shape index (κ1) is 10.2. The van der Waals surface area contributed by atoms with Gasteiger partial charge in [0.25, 0.3) is 0 Å². The van der Waals surface area contributed by atoms with Crippen LogP contribution >= 0.6 is 0 Å². The minimum atomic E-state index is -0.0323. The van der Waals surface area contributed by atoms with Gasteiger partial charge in [-0.1, -0.05) is 18.2 Å². The van der Waals surface area contributed by atoms with Crippen LogP contribution in [0.5, 0.6) is 0 Å². The topological polar surface area (TPSA) is 38.3 Å². The molecule has 0 radical (unpaired) electrons. The molecule has 80 valence electrons. The van der Waals surface area contributed by atoms with Crippen LogP contribution in [0.2, 0.25) is 0 Å². The van der Waals surface area contributed by atoms with E-state index in [1.807, 2.05) is 0 Å². The molecular weight excluding hydrogens is 190 g/mol. The van der Waals surface area contributed by atoms with Gasteiger partial charge in [-0.3, -0.25) is 4.79 Å². The number of carbonyl (C=O) groups is 1. The number of morpholine rings is 1. The first-order valence-corrected chi connectivity index (χ1v) is 5.12. The number of nitrogens with one attached hydrogen (secondary N) is 1. The number of carbonyl (C=O) groups excluding carboxylic acids is 1. The lowest BCUT2D eigenvalue weighted by Crippen LogP contribution is -2.38. The summed E-state index contributed by atoms with van der Waals surface area (Å²) < 4.78 is 5.46. The molecular formula is C12H15NO2. The third-order valence-electron chi connectivity index (χ3n) is 2.80. The third kappa shape index (κ3) is 2.18. The van der Waals surface area contributed by atoms with Crippen LogP contribution in [0.4, 0.5) is 0 Å². The van der Waals surface area contributed by atoms with Crippen molar-refractivity contribution in [1.29, 1.82) is 0 Å². The standard InChI is InChI=1S/C12H15NO2/c1-8-3-4-10(5-9(8)2)11-6-13-12(14)7-15-11/h3-5,11H,6-7H2,1-2H3,(H,13,14). The summed E-state index contributed by atoms with van der Waals surface area (Å²) in [5.74, 6) is -0.0323. The summed E-state index contributed by atoms with van der Waals surface area (Å²) in [6, 6.07) is 6.27. The molecule has 1 aromatic rings. The van der Waals surface area contributed by atoms with Gasteiger partial charge in [0.1, 0.15) is 12.7 Å². The van der Waals surface area contributed by atoms with Crippen molar-refractivity contribution >= 4 is 5.91 Å². The maximum Gasteiger partial charge on any atom is 0.246 e. The van der Waals surface area contributed by atoms with E-state index in [4.69, 9.17) is 4.74 Å². The van der Waals surface area contributed by atoms with Crippen LogP contribution in [0.15, 0.2) is 18.2 Å². The van der Waals surface area contributed by atoms with Gasteiger partial charge < -0.3 is 10.1 Å². The van der Waals surface area contributed by atoms with Crippen molar-refractivity contribution in [3.63, 3.8) is 0 Å². The lowest BCUT2D eigenvalue weighted by atomic mass is 10.0. The fraction of sp³-hybridized carbons (Fsp3) is 0.417. The molecule has 2 rings (SSSR count). The Labute approximate surface area is 89.4 Å². The van der Waals surface area contributed by atoms with Crippen molar-refractivity contribution in [3.8, 4) is 0 Å². The molecule has 1 atom stereocenters. The molecule has 0 aromatic heterocycles. The van der Waals surface area contributed by atoms with Crippen LogP contribution in [0.3, 0.4) is 0 Å². The Balaban J connectivity index is 2.16. The molecule has 1 amide bonds. The fourth-order valence-corrected chi connectivity index (χ4v) is 1.67. The minimum Gasteiger partial charge on any atom is -0.362 e. The second kappa shape index (κ2) is 4.03. The zero-order chi connectivity index (χ0) is 10.8. The van der Waals surface area contributed by atoms with Crippen molar-refractivity contribution in [2.75, 3.05) is 13.2 Å². The molecule has 3 nitrogen and oxygen atoms in total. The predicted molar refractivity (Wildman–Crippen MR) is 57.6 cm³/mol. The molecule has 1 aliphatic rings. The van der Waals surface area contributed by atoms with Crippen LogP contribution in [-0.4, -0.2) is 19.1 Å². The summed E-state index contributed by atoms with van der Waals surface area (Å²) in [6.07, 6.45) is 0.00185. The molecule has 15 heavy (non-hydrogen) atoms. The van der Waals surface area contributed by atoms with Gasteiger partial charge >= 0.3 is 0 Å². The maximum atomic E-state index is 10.9. The highest BCUT2D eigenvalue weighted by atomic mass is 16.5. The summed E-state index contributed by atoms with van der Waals surface area (Å²) >= 11 is 0. The van der Waals surface area contributed by atoms with Gasteiger partial charge in [-0.25, -0.2) is 0 Å². The largest absolute Gasteiger partial charge is 0.362 e. The highest BCUT2D eigenvalue weighted by Crippen LogP contribution is 2.21. The molecule has 1 saturated heterocycles.